The van der Waals surface area contributed by atoms with Crippen LogP contribution in [0, 0.1) is 0 Å². The van der Waals surface area contributed by atoms with Crippen LogP contribution in [0.4, 0.5) is 5.95 Å². The van der Waals surface area contributed by atoms with Crippen molar-refractivity contribution in [1.29, 1.82) is 0 Å². The predicted molar refractivity (Wildman–Crippen MR) is 133 cm³/mol. The number of hydrazone groups is 1. The zero-order valence-corrected chi connectivity index (χ0v) is 18.5. The molecule has 4 aromatic carbocycles. The summed E-state index contributed by atoms with van der Waals surface area (Å²) in [6.45, 7) is 0.458. The minimum Gasteiger partial charge on any atom is -0.493 e. The number of aromatic nitrogens is 2. The third kappa shape index (κ3) is 4.23. The minimum absolute atomic E-state index is 0.458. The van der Waals surface area contributed by atoms with Crippen LogP contribution in [0.2, 0.25) is 0 Å². The van der Waals surface area contributed by atoms with Crippen molar-refractivity contribution in [3.05, 3.63) is 96.1 Å². The van der Waals surface area contributed by atoms with Crippen molar-refractivity contribution in [1.82, 2.24) is 9.55 Å². The number of methoxy groups -OCH3 is 1. The number of anilines is 1. The number of hydrogen-bond acceptors (Lipinski definition) is 5. The molecule has 1 aromatic heterocycles. The standard InChI is InChI=1S/C27H24N4O2/c1-31-24-13-6-5-12-23(24)29-27(31)30-28-17-19-14-15-25(26(16-19)32-2)33-18-21-10-7-9-20-8-3-4-11-22(20)21/h3-17H,18H2,1-2H3,(H,29,30)/b28-17-. The monoisotopic (exact) mass is 436 g/mol. The fraction of sp³-hybridized carbons (Fsp3) is 0.111. The fourth-order valence-corrected chi connectivity index (χ4v) is 3.87. The van der Waals surface area contributed by atoms with Gasteiger partial charge in [-0.2, -0.15) is 5.10 Å². The van der Waals surface area contributed by atoms with E-state index in [-0.39, 0.29) is 0 Å². The van der Waals surface area contributed by atoms with Gasteiger partial charge in [0, 0.05) is 7.05 Å². The van der Waals surface area contributed by atoms with Gasteiger partial charge >= 0.3 is 0 Å². The number of benzene rings is 4. The highest BCUT2D eigenvalue weighted by atomic mass is 16.5. The molecule has 1 heterocycles. The van der Waals surface area contributed by atoms with E-state index in [9.17, 15) is 0 Å². The van der Waals surface area contributed by atoms with Gasteiger partial charge in [-0.15, -0.1) is 0 Å². The first kappa shape index (κ1) is 20.6. The van der Waals surface area contributed by atoms with E-state index in [1.807, 2.05) is 66.2 Å². The normalized spacial score (nSPS) is 11.3. The lowest BCUT2D eigenvalue weighted by Crippen LogP contribution is -2.00. The van der Waals surface area contributed by atoms with E-state index in [2.05, 4.69) is 45.8 Å². The summed E-state index contributed by atoms with van der Waals surface area (Å²) in [7, 11) is 3.59. The molecular formula is C27H24N4O2. The Morgan fingerprint density at radius 2 is 1.76 bits per heavy atom. The average molecular weight is 437 g/mol. The Bertz CT molecular complexity index is 1450. The summed E-state index contributed by atoms with van der Waals surface area (Å²) in [6.07, 6.45) is 1.73. The molecule has 0 radical (unpaired) electrons. The Balaban J connectivity index is 1.30. The summed E-state index contributed by atoms with van der Waals surface area (Å²) < 4.78 is 13.6. The Morgan fingerprint density at radius 3 is 2.64 bits per heavy atom. The van der Waals surface area contributed by atoms with E-state index in [0.29, 0.717) is 24.1 Å². The van der Waals surface area contributed by atoms with Gasteiger partial charge in [-0.25, -0.2) is 10.4 Å². The predicted octanol–water partition coefficient (Wildman–Crippen LogP) is 5.76. The maximum atomic E-state index is 6.10. The van der Waals surface area contributed by atoms with Crippen LogP contribution in [-0.2, 0) is 13.7 Å². The lowest BCUT2D eigenvalue weighted by molar-refractivity contribution is 0.285. The zero-order valence-electron chi connectivity index (χ0n) is 18.5. The first-order valence-electron chi connectivity index (χ1n) is 10.7. The number of imidazole rings is 1. The second-order valence-corrected chi connectivity index (χ2v) is 7.69. The van der Waals surface area contributed by atoms with Crippen LogP contribution in [0.25, 0.3) is 21.8 Å². The van der Waals surface area contributed by atoms with Gasteiger partial charge in [0.1, 0.15) is 6.61 Å². The van der Waals surface area contributed by atoms with Crippen LogP contribution in [0.3, 0.4) is 0 Å². The van der Waals surface area contributed by atoms with Gasteiger partial charge in [0.25, 0.3) is 0 Å². The maximum Gasteiger partial charge on any atom is 0.224 e. The number of fused-ring (bicyclic) bond motifs is 2. The van der Waals surface area contributed by atoms with Crippen LogP contribution in [0.5, 0.6) is 11.5 Å². The molecule has 0 atom stereocenters. The quantitative estimate of drug-likeness (QED) is 0.260. The number of nitrogens with one attached hydrogen (secondary N) is 1. The zero-order chi connectivity index (χ0) is 22.6. The fourth-order valence-electron chi connectivity index (χ4n) is 3.87. The number of aryl methyl sites for hydroxylation is 1. The molecule has 5 aromatic rings. The SMILES string of the molecule is COc1cc(/C=N\Nc2nc3ccccc3n2C)ccc1OCc1cccc2ccccc12. The molecule has 0 amide bonds. The molecule has 164 valence electrons. The number of para-hydroxylation sites is 2. The van der Waals surface area contributed by atoms with Gasteiger partial charge in [0.15, 0.2) is 11.5 Å². The number of nitrogens with zero attached hydrogens (tertiary/aromatic N) is 3. The smallest absolute Gasteiger partial charge is 0.224 e. The van der Waals surface area contributed by atoms with Gasteiger partial charge in [-0.3, -0.25) is 0 Å². The van der Waals surface area contributed by atoms with Gasteiger partial charge < -0.3 is 14.0 Å². The summed E-state index contributed by atoms with van der Waals surface area (Å²) in [4.78, 5) is 4.56. The topological polar surface area (TPSA) is 60.7 Å². The van der Waals surface area contributed by atoms with E-state index in [1.165, 1.54) is 10.8 Å². The Labute approximate surface area is 192 Å². The minimum atomic E-state index is 0.458. The molecule has 1 N–H and O–H groups in total. The molecule has 0 unspecified atom stereocenters. The summed E-state index contributed by atoms with van der Waals surface area (Å²) in [5.41, 5.74) is 7.00. The van der Waals surface area contributed by atoms with Crippen molar-refractivity contribution in [3.63, 3.8) is 0 Å². The van der Waals surface area contributed by atoms with Crippen molar-refractivity contribution in [2.45, 2.75) is 6.61 Å². The van der Waals surface area contributed by atoms with Gasteiger partial charge in [0.2, 0.25) is 5.95 Å². The number of rotatable bonds is 7. The summed E-state index contributed by atoms with van der Waals surface area (Å²) in [5, 5.41) is 6.74. The highest BCUT2D eigenvalue weighted by Crippen LogP contribution is 2.29. The van der Waals surface area contributed by atoms with E-state index < -0.39 is 0 Å². The van der Waals surface area contributed by atoms with Crippen molar-refractivity contribution >= 4 is 34.0 Å². The lowest BCUT2D eigenvalue weighted by Gasteiger charge is -2.12. The molecule has 0 aliphatic rings. The highest BCUT2D eigenvalue weighted by Gasteiger charge is 2.08. The molecule has 33 heavy (non-hydrogen) atoms. The second kappa shape index (κ2) is 9.04. The molecule has 0 aliphatic carbocycles. The molecule has 0 saturated carbocycles. The summed E-state index contributed by atoms with van der Waals surface area (Å²) >= 11 is 0. The molecule has 6 heteroatoms. The molecule has 0 saturated heterocycles. The Kier molecular flexibility index (Phi) is 5.64. The van der Waals surface area contributed by atoms with E-state index in [0.717, 1.165) is 22.2 Å². The van der Waals surface area contributed by atoms with Crippen LogP contribution in [-0.4, -0.2) is 22.9 Å². The average Bonchev–Trinajstić information content (AvgIpc) is 3.18. The van der Waals surface area contributed by atoms with Crippen LogP contribution >= 0.6 is 0 Å². The van der Waals surface area contributed by atoms with Gasteiger partial charge in [-0.1, -0.05) is 54.6 Å². The summed E-state index contributed by atoms with van der Waals surface area (Å²) in [5.74, 6) is 2.02. The Morgan fingerprint density at radius 1 is 0.939 bits per heavy atom. The first-order chi connectivity index (χ1) is 16.2. The number of hydrogen-bond donors (Lipinski definition) is 1. The third-order valence-corrected chi connectivity index (χ3v) is 5.62. The largest absolute Gasteiger partial charge is 0.493 e. The van der Waals surface area contributed by atoms with Gasteiger partial charge in [0.05, 0.1) is 24.4 Å². The van der Waals surface area contributed by atoms with Crippen LogP contribution in [0.15, 0.2) is 90.0 Å². The first-order valence-corrected chi connectivity index (χ1v) is 10.7. The maximum absolute atomic E-state index is 6.10. The van der Waals surface area contributed by atoms with Crippen LogP contribution < -0.4 is 14.9 Å². The van der Waals surface area contributed by atoms with Crippen molar-refractivity contribution in [2.75, 3.05) is 12.5 Å². The van der Waals surface area contributed by atoms with E-state index in [4.69, 9.17) is 9.47 Å². The summed E-state index contributed by atoms with van der Waals surface area (Å²) in [6, 6.07) is 28.3. The highest BCUT2D eigenvalue weighted by molar-refractivity contribution is 5.85. The Hall–Kier alpha value is -4.32. The molecule has 6 nitrogen and oxygen atoms in total. The molecule has 0 aliphatic heterocycles. The van der Waals surface area contributed by atoms with Crippen molar-refractivity contribution < 1.29 is 9.47 Å². The van der Waals surface area contributed by atoms with Crippen molar-refractivity contribution in [3.8, 4) is 11.5 Å². The molecular weight excluding hydrogens is 412 g/mol. The van der Waals surface area contributed by atoms with Gasteiger partial charge in [-0.05, 0) is 52.2 Å². The molecule has 0 fully saturated rings. The molecule has 0 spiro atoms. The third-order valence-electron chi connectivity index (χ3n) is 5.62. The van der Waals surface area contributed by atoms with Crippen LogP contribution in [0.1, 0.15) is 11.1 Å². The molecule has 5 rings (SSSR count). The van der Waals surface area contributed by atoms with Crippen molar-refractivity contribution in [2.24, 2.45) is 12.1 Å². The lowest BCUT2D eigenvalue weighted by atomic mass is 10.1. The van der Waals surface area contributed by atoms with E-state index >= 15 is 0 Å². The number of ether oxygens (including phenoxy) is 2. The van der Waals surface area contributed by atoms with E-state index in [1.54, 1.807) is 13.3 Å². The second-order valence-electron chi connectivity index (χ2n) is 7.69. The molecule has 0 bridgehead atoms.